The number of pyridine rings is 1. The molecule has 0 N–H and O–H groups in total. The maximum Gasteiger partial charge on any atom is 0.146 e. The van der Waals surface area contributed by atoms with Gasteiger partial charge in [0.05, 0.1) is 18.3 Å². The largest absolute Gasteiger partial charge is 0.372 e. The topological polar surface area (TPSA) is 49.1 Å². The van der Waals surface area contributed by atoms with Gasteiger partial charge < -0.3 is 9.64 Å². The van der Waals surface area contributed by atoms with Crippen LogP contribution in [0, 0.1) is 18.3 Å². The highest BCUT2D eigenvalue weighted by atomic mass is 16.5. The van der Waals surface area contributed by atoms with Gasteiger partial charge in [0, 0.05) is 18.8 Å². The third-order valence-corrected chi connectivity index (χ3v) is 3.03. The Hall–Kier alpha value is -1.86. The highest BCUT2D eigenvalue weighted by Crippen LogP contribution is 2.23. The molecule has 0 radical (unpaired) electrons. The summed E-state index contributed by atoms with van der Waals surface area (Å²) in [5.41, 5.74) is 1.56. The summed E-state index contributed by atoms with van der Waals surface area (Å²) >= 11 is 0. The van der Waals surface area contributed by atoms with Crippen LogP contribution in [0.3, 0.4) is 0 Å². The Bertz CT molecular complexity index is 478. The van der Waals surface area contributed by atoms with Crippen molar-refractivity contribution in [2.45, 2.75) is 19.4 Å². The van der Waals surface area contributed by atoms with E-state index in [9.17, 15) is 0 Å². The van der Waals surface area contributed by atoms with Gasteiger partial charge in [-0.25, -0.2) is 4.98 Å². The van der Waals surface area contributed by atoms with Gasteiger partial charge in [-0.3, -0.25) is 0 Å². The molecule has 1 saturated heterocycles. The lowest BCUT2D eigenvalue weighted by Crippen LogP contribution is -2.24. The maximum absolute atomic E-state index is 9.12. The van der Waals surface area contributed by atoms with Crippen molar-refractivity contribution in [2.75, 3.05) is 24.6 Å². The smallest absolute Gasteiger partial charge is 0.146 e. The van der Waals surface area contributed by atoms with Crippen molar-refractivity contribution in [1.29, 1.82) is 5.26 Å². The van der Waals surface area contributed by atoms with Gasteiger partial charge in [0.2, 0.25) is 0 Å². The molecule has 0 aromatic carbocycles. The molecule has 1 aliphatic rings. The van der Waals surface area contributed by atoms with Crippen LogP contribution < -0.4 is 4.90 Å². The molecule has 2 heterocycles. The van der Waals surface area contributed by atoms with Crippen molar-refractivity contribution in [3.8, 4) is 6.07 Å². The molecule has 18 heavy (non-hydrogen) atoms. The van der Waals surface area contributed by atoms with Gasteiger partial charge in [0.15, 0.2) is 0 Å². The third-order valence-electron chi connectivity index (χ3n) is 3.03. The van der Waals surface area contributed by atoms with E-state index in [-0.39, 0.29) is 6.10 Å². The molecule has 0 spiro atoms. The van der Waals surface area contributed by atoms with E-state index < -0.39 is 0 Å². The molecule has 0 amide bonds. The molecule has 1 unspecified atom stereocenters. The lowest BCUT2D eigenvalue weighted by molar-refractivity contribution is 0.0909. The molecule has 4 nitrogen and oxygen atoms in total. The minimum absolute atomic E-state index is 0.205. The zero-order chi connectivity index (χ0) is 13.0. The predicted octanol–water partition coefficient (Wildman–Crippen LogP) is 2.04. The first-order chi connectivity index (χ1) is 8.74. The highest BCUT2D eigenvalue weighted by molar-refractivity contribution is 5.55. The number of hydrogen-bond acceptors (Lipinski definition) is 4. The van der Waals surface area contributed by atoms with Crippen molar-refractivity contribution in [3.05, 3.63) is 36.0 Å². The summed E-state index contributed by atoms with van der Waals surface area (Å²) in [5, 5.41) is 9.12. The lowest BCUT2D eigenvalue weighted by atomic mass is 10.2. The van der Waals surface area contributed by atoms with Crippen molar-refractivity contribution >= 4 is 5.82 Å². The summed E-state index contributed by atoms with van der Waals surface area (Å²) in [5.74, 6) is 0.780. The van der Waals surface area contributed by atoms with Crippen LogP contribution >= 0.6 is 0 Å². The first-order valence-electron chi connectivity index (χ1n) is 6.09. The second-order valence-corrected chi connectivity index (χ2v) is 4.41. The van der Waals surface area contributed by atoms with E-state index >= 15 is 0 Å². The van der Waals surface area contributed by atoms with Crippen molar-refractivity contribution in [2.24, 2.45) is 0 Å². The number of aromatic nitrogens is 1. The first kappa shape index (κ1) is 12.6. The van der Waals surface area contributed by atoms with Gasteiger partial charge in [-0.15, -0.1) is 6.58 Å². The van der Waals surface area contributed by atoms with Crippen LogP contribution in [0.4, 0.5) is 5.82 Å². The summed E-state index contributed by atoms with van der Waals surface area (Å²) in [6.07, 6.45) is 2.93. The van der Waals surface area contributed by atoms with Crippen molar-refractivity contribution in [1.82, 2.24) is 4.98 Å². The van der Waals surface area contributed by atoms with E-state index in [2.05, 4.69) is 22.5 Å². The van der Waals surface area contributed by atoms with Crippen LogP contribution in [-0.2, 0) is 4.74 Å². The summed E-state index contributed by atoms with van der Waals surface area (Å²) in [4.78, 5) is 6.59. The number of nitriles is 1. The maximum atomic E-state index is 9.12. The number of ether oxygens (including phenoxy) is 1. The molecule has 0 aliphatic carbocycles. The molecule has 1 atom stereocenters. The van der Waals surface area contributed by atoms with Gasteiger partial charge in [-0.2, -0.15) is 5.26 Å². The second-order valence-electron chi connectivity index (χ2n) is 4.41. The van der Waals surface area contributed by atoms with Gasteiger partial charge >= 0.3 is 0 Å². The first-order valence-corrected chi connectivity index (χ1v) is 6.09. The number of rotatable bonds is 4. The Kier molecular flexibility index (Phi) is 3.96. The van der Waals surface area contributed by atoms with Crippen LogP contribution in [-0.4, -0.2) is 30.8 Å². The fourth-order valence-electron chi connectivity index (χ4n) is 2.13. The fourth-order valence-corrected chi connectivity index (χ4v) is 2.13. The van der Waals surface area contributed by atoms with E-state index in [0.717, 1.165) is 31.0 Å². The molecule has 2 rings (SSSR count). The zero-order valence-corrected chi connectivity index (χ0v) is 10.6. The quantitative estimate of drug-likeness (QED) is 0.759. The molecule has 1 aromatic heterocycles. The average Bonchev–Trinajstić information content (AvgIpc) is 2.85. The van der Waals surface area contributed by atoms with Crippen molar-refractivity contribution in [3.63, 3.8) is 0 Å². The summed E-state index contributed by atoms with van der Waals surface area (Å²) in [6.45, 7) is 7.83. The molecule has 1 aliphatic heterocycles. The van der Waals surface area contributed by atoms with E-state index in [0.29, 0.717) is 12.2 Å². The zero-order valence-electron chi connectivity index (χ0n) is 10.6. The van der Waals surface area contributed by atoms with Crippen molar-refractivity contribution < 1.29 is 4.74 Å². The molecule has 1 fully saturated rings. The van der Waals surface area contributed by atoms with E-state index in [4.69, 9.17) is 10.00 Å². The van der Waals surface area contributed by atoms with E-state index in [1.165, 1.54) is 0 Å². The minimum Gasteiger partial charge on any atom is -0.372 e. The SMILES string of the molecule is C=CCOC1CCN(c2nc(C)ccc2C#N)C1. The molecule has 4 heteroatoms. The highest BCUT2D eigenvalue weighted by Gasteiger charge is 2.25. The third kappa shape index (κ3) is 2.69. The number of nitrogens with zero attached hydrogens (tertiary/aromatic N) is 3. The normalized spacial score (nSPS) is 18.7. The molecule has 0 bridgehead atoms. The Labute approximate surface area is 108 Å². The standard InChI is InChI=1S/C14H17N3O/c1-3-8-18-13-6-7-17(10-13)14-12(9-15)5-4-11(2)16-14/h3-5,13H,1,6-8,10H2,2H3. The van der Waals surface area contributed by atoms with Crippen LogP contribution in [0.5, 0.6) is 0 Å². The Balaban J connectivity index is 2.11. The van der Waals surface area contributed by atoms with Gasteiger partial charge in [-0.05, 0) is 25.5 Å². The van der Waals surface area contributed by atoms with Gasteiger partial charge in [0.1, 0.15) is 11.9 Å². The molecule has 94 valence electrons. The van der Waals surface area contributed by atoms with Gasteiger partial charge in [-0.1, -0.05) is 6.08 Å². The number of aryl methyl sites for hydroxylation is 1. The summed E-state index contributed by atoms with van der Waals surface area (Å²) in [6, 6.07) is 5.89. The van der Waals surface area contributed by atoms with Crippen LogP contribution in [0.25, 0.3) is 0 Å². The molecular weight excluding hydrogens is 226 g/mol. The molecular formula is C14H17N3O. The number of hydrogen-bond donors (Lipinski definition) is 0. The molecule has 0 saturated carbocycles. The van der Waals surface area contributed by atoms with E-state index in [1.807, 2.05) is 19.1 Å². The summed E-state index contributed by atoms with van der Waals surface area (Å²) < 4.78 is 5.64. The predicted molar refractivity (Wildman–Crippen MR) is 70.5 cm³/mol. The van der Waals surface area contributed by atoms with Crippen LogP contribution in [0.1, 0.15) is 17.7 Å². The molecule has 1 aromatic rings. The monoisotopic (exact) mass is 243 g/mol. The minimum atomic E-state index is 0.205. The van der Waals surface area contributed by atoms with Gasteiger partial charge in [0.25, 0.3) is 0 Å². The Morgan fingerprint density at radius 2 is 2.50 bits per heavy atom. The van der Waals surface area contributed by atoms with E-state index in [1.54, 1.807) is 6.08 Å². The lowest BCUT2D eigenvalue weighted by Gasteiger charge is -2.19. The average molecular weight is 243 g/mol. The Morgan fingerprint density at radius 1 is 1.67 bits per heavy atom. The van der Waals surface area contributed by atoms with Crippen LogP contribution in [0.15, 0.2) is 24.8 Å². The summed E-state index contributed by atoms with van der Waals surface area (Å²) in [7, 11) is 0. The second kappa shape index (κ2) is 5.65. The fraction of sp³-hybridized carbons (Fsp3) is 0.429. The number of anilines is 1. The van der Waals surface area contributed by atoms with Crippen LogP contribution in [0.2, 0.25) is 0 Å². The Morgan fingerprint density at radius 3 is 3.22 bits per heavy atom.